The summed E-state index contributed by atoms with van der Waals surface area (Å²) in [7, 11) is 1.73. The summed E-state index contributed by atoms with van der Waals surface area (Å²) in [5.74, 6) is 0. The third kappa shape index (κ3) is 13.7. The molecule has 1 N–H and O–H groups in total. The third-order valence-corrected chi connectivity index (χ3v) is 2.20. The smallest absolute Gasteiger partial charge is 0.0587 e. The Kier molecular flexibility index (Phi) is 8.73. The highest BCUT2D eigenvalue weighted by Crippen LogP contribution is 2.20. The molecule has 0 atom stereocenters. The summed E-state index contributed by atoms with van der Waals surface area (Å²) >= 11 is 0. The molecule has 0 saturated heterocycles. The lowest BCUT2D eigenvalue weighted by atomic mass is 9.90. The third-order valence-electron chi connectivity index (χ3n) is 2.20. The van der Waals surface area contributed by atoms with Gasteiger partial charge in [-0.25, -0.2) is 0 Å². The summed E-state index contributed by atoms with van der Waals surface area (Å²) in [5, 5.41) is 3.32. The van der Waals surface area contributed by atoms with Gasteiger partial charge < -0.3 is 10.1 Å². The van der Waals surface area contributed by atoms with E-state index in [1.54, 1.807) is 7.11 Å². The molecule has 0 spiro atoms. The Labute approximate surface area is 95.1 Å². The number of ether oxygens (including phenoxy) is 1. The van der Waals surface area contributed by atoms with Crippen LogP contribution >= 0.6 is 0 Å². The van der Waals surface area contributed by atoms with E-state index in [4.69, 9.17) is 4.74 Å². The molecule has 0 saturated carbocycles. The number of hydrogen-bond donors (Lipinski definition) is 1. The lowest BCUT2D eigenvalue weighted by Crippen LogP contribution is -2.19. The molecule has 0 aliphatic heterocycles. The highest BCUT2D eigenvalue weighted by Gasteiger charge is 2.07. The second-order valence-corrected chi connectivity index (χ2v) is 5.10. The molecule has 0 amide bonds. The SMILES string of the molecule is COCCNCCC=CCCC(C)(C)C. The second kappa shape index (κ2) is 8.93. The van der Waals surface area contributed by atoms with Crippen LogP contribution in [-0.4, -0.2) is 26.8 Å². The molecular formula is C13H27NO. The van der Waals surface area contributed by atoms with Crippen LogP contribution in [0.25, 0.3) is 0 Å². The molecule has 0 bridgehead atoms. The Morgan fingerprint density at radius 2 is 1.73 bits per heavy atom. The fourth-order valence-corrected chi connectivity index (χ4v) is 1.24. The molecule has 0 aromatic rings. The van der Waals surface area contributed by atoms with Crippen molar-refractivity contribution in [2.75, 3.05) is 26.8 Å². The van der Waals surface area contributed by atoms with Crippen LogP contribution in [-0.2, 0) is 4.74 Å². The quantitative estimate of drug-likeness (QED) is 0.494. The van der Waals surface area contributed by atoms with Gasteiger partial charge in [-0.2, -0.15) is 0 Å². The monoisotopic (exact) mass is 213 g/mol. The molecule has 0 aromatic carbocycles. The number of hydrogen-bond acceptors (Lipinski definition) is 2. The van der Waals surface area contributed by atoms with Crippen LogP contribution in [0, 0.1) is 5.41 Å². The van der Waals surface area contributed by atoms with E-state index in [0.29, 0.717) is 5.41 Å². The minimum atomic E-state index is 0.459. The van der Waals surface area contributed by atoms with E-state index in [9.17, 15) is 0 Å². The Hall–Kier alpha value is -0.340. The molecule has 0 heterocycles. The first-order valence-electron chi connectivity index (χ1n) is 5.91. The van der Waals surface area contributed by atoms with Gasteiger partial charge in [-0.3, -0.25) is 0 Å². The minimum Gasteiger partial charge on any atom is -0.383 e. The number of rotatable bonds is 8. The summed E-state index contributed by atoms with van der Waals surface area (Å²) < 4.78 is 4.94. The van der Waals surface area contributed by atoms with E-state index in [-0.39, 0.29) is 0 Å². The van der Waals surface area contributed by atoms with Crippen LogP contribution in [0.4, 0.5) is 0 Å². The van der Waals surface area contributed by atoms with Gasteiger partial charge in [0.05, 0.1) is 6.61 Å². The Bertz CT molecular complexity index is 158. The highest BCUT2D eigenvalue weighted by molar-refractivity contribution is 4.83. The predicted molar refractivity (Wildman–Crippen MR) is 67.2 cm³/mol. The molecule has 0 unspecified atom stereocenters. The average Bonchev–Trinajstić information content (AvgIpc) is 2.14. The second-order valence-electron chi connectivity index (χ2n) is 5.10. The largest absolute Gasteiger partial charge is 0.383 e. The normalized spacial score (nSPS) is 12.5. The molecule has 2 heteroatoms. The molecule has 0 rings (SSSR count). The van der Waals surface area contributed by atoms with Gasteiger partial charge in [-0.05, 0) is 31.2 Å². The van der Waals surface area contributed by atoms with Gasteiger partial charge in [-0.1, -0.05) is 32.9 Å². The number of nitrogens with one attached hydrogen (secondary N) is 1. The fraction of sp³-hybridized carbons (Fsp3) is 0.846. The van der Waals surface area contributed by atoms with Crippen molar-refractivity contribution in [2.45, 2.75) is 40.0 Å². The Morgan fingerprint density at radius 3 is 2.33 bits per heavy atom. The molecule has 0 fully saturated rings. The maximum absolute atomic E-state index is 4.94. The molecule has 2 nitrogen and oxygen atoms in total. The van der Waals surface area contributed by atoms with Crippen molar-refractivity contribution in [3.8, 4) is 0 Å². The van der Waals surface area contributed by atoms with E-state index >= 15 is 0 Å². The van der Waals surface area contributed by atoms with E-state index in [1.165, 1.54) is 12.8 Å². The van der Waals surface area contributed by atoms with E-state index in [0.717, 1.165) is 26.1 Å². The van der Waals surface area contributed by atoms with Crippen LogP contribution in [0.3, 0.4) is 0 Å². The van der Waals surface area contributed by atoms with Crippen molar-refractivity contribution in [2.24, 2.45) is 5.41 Å². The predicted octanol–water partition coefficient (Wildman–Crippen LogP) is 3.00. The van der Waals surface area contributed by atoms with Gasteiger partial charge in [0.1, 0.15) is 0 Å². The molecule has 0 radical (unpaired) electrons. The summed E-state index contributed by atoms with van der Waals surface area (Å²) in [6.07, 6.45) is 8.14. The summed E-state index contributed by atoms with van der Waals surface area (Å²) in [4.78, 5) is 0. The lowest BCUT2D eigenvalue weighted by molar-refractivity contribution is 0.199. The maximum atomic E-state index is 4.94. The van der Waals surface area contributed by atoms with Gasteiger partial charge in [-0.15, -0.1) is 0 Å². The van der Waals surface area contributed by atoms with E-state index < -0.39 is 0 Å². The van der Waals surface area contributed by atoms with Crippen molar-refractivity contribution in [1.82, 2.24) is 5.32 Å². The van der Waals surface area contributed by atoms with Gasteiger partial charge in [0.25, 0.3) is 0 Å². The van der Waals surface area contributed by atoms with Crippen molar-refractivity contribution in [1.29, 1.82) is 0 Å². The first-order valence-corrected chi connectivity index (χ1v) is 5.91. The van der Waals surface area contributed by atoms with Gasteiger partial charge in [0.15, 0.2) is 0 Å². The number of allylic oxidation sites excluding steroid dienone is 1. The topological polar surface area (TPSA) is 21.3 Å². The zero-order valence-electron chi connectivity index (χ0n) is 10.8. The van der Waals surface area contributed by atoms with Crippen molar-refractivity contribution >= 4 is 0 Å². The summed E-state index contributed by atoms with van der Waals surface area (Å²) in [6, 6.07) is 0. The zero-order valence-corrected chi connectivity index (χ0v) is 10.8. The fourth-order valence-electron chi connectivity index (χ4n) is 1.24. The van der Waals surface area contributed by atoms with E-state index in [2.05, 4.69) is 38.2 Å². The standard InChI is InChI=1S/C13H27NO/c1-13(2,3)9-7-5-6-8-10-14-11-12-15-4/h5-6,14H,7-12H2,1-4H3. The number of methoxy groups -OCH3 is 1. The van der Waals surface area contributed by atoms with Crippen molar-refractivity contribution in [3.63, 3.8) is 0 Å². The van der Waals surface area contributed by atoms with E-state index in [1.807, 2.05) is 0 Å². The molecule has 15 heavy (non-hydrogen) atoms. The van der Waals surface area contributed by atoms with Crippen molar-refractivity contribution < 1.29 is 4.74 Å². The maximum Gasteiger partial charge on any atom is 0.0587 e. The first kappa shape index (κ1) is 14.7. The van der Waals surface area contributed by atoms with Crippen LogP contribution in [0.1, 0.15) is 40.0 Å². The molecule has 90 valence electrons. The summed E-state index contributed by atoms with van der Waals surface area (Å²) in [5.41, 5.74) is 0.459. The molecular weight excluding hydrogens is 186 g/mol. The van der Waals surface area contributed by atoms with Crippen LogP contribution < -0.4 is 5.32 Å². The van der Waals surface area contributed by atoms with Crippen LogP contribution in [0.2, 0.25) is 0 Å². The lowest BCUT2D eigenvalue weighted by Gasteiger charge is -2.15. The average molecular weight is 213 g/mol. The highest BCUT2D eigenvalue weighted by atomic mass is 16.5. The van der Waals surface area contributed by atoms with Crippen LogP contribution in [0.15, 0.2) is 12.2 Å². The first-order chi connectivity index (χ1) is 7.06. The van der Waals surface area contributed by atoms with Gasteiger partial charge >= 0.3 is 0 Å². The van der Waals surface area contributed by atoms with Gasteiger partial charge in [0.2, 0.25) is 0 Å². The van der Waals surface area contributed by atoms with Gasteiger partial charge in [0, 0.05) is 13.7 Å². The molecule has 0 aliphatic rings. The Balaban J connectivity index is 3.18. The molecule has 0 aliphatic carbocycles. The van der Waals surface area contributed by atoms with Crippen LogP contribution in [0.5, 0.6) is 0 Å². The molecule has 0 aromatic heterocycles. The zero-order chi connectivity index (χ0) is 11.6. The Morgan fingerprint density at radius 1 is 1.07 bits per heavy atom. The minimum absolute atomic E-state index is 0.459. The van der Waals surface area contributed by atoms with Crippen molar-refractivity contribution in [3.05, 3.63) is 12.2 Å². The summed E-state index contributed by atoms with van der Waals surface area (Å²) in [6.45, 7) is 9.66.